The van der Waals surface area contributed by atoms with E-state index in [-0.39, 0.29) is 11.9 Å². The van der Waals surface area contributed by atoms with Gasteiger partial charge in [-0.2, -0.15) is 0 Å². The van der Waals surface area contributed by atoms with Gasteiger partial charge in [0, 0.05) is 6.04 Å². The molecule has 1 aliphatic rings. The molecular weight excluding hydrogens is 178 g/mol. The maximum absolute atomic E-state index is 11.4. The second-order valence-corrected chi connectivity index (χ2v) is 4.68. The number of rotatable bonds is 2. The molecule has 1 fully saturated rings. The van der Waals surface area contributed by atoms with E-state index in [1.54, 1.807) is 0 Å². The Labute approximate surface area is 85.6 Å². The van der Waals surface area contributed by atoms with Crippen LogP contribution in [0.1, 0.15) is 26.7 Å². The predicted molar refractivity (Wildman–Crippen MR) is 56.6 cm³/mol. The van der Waals surface area contributed by atoms with Crippen LogP contribution in [-0.4, -0.2) is 36.0 Å². The second-order valence-electron chi connectivity index (χ2n) is 4.68. The number of nitrogens with zero attached hydrogens (tertiary/aromatic N) is 1. The van der Waals surface area contributed by atoms with E-state index in [1.807, 2.05) is 7.05 Å². The monoisotopic (exact) mass is 199 g/mol. The van der Waals surface area contributed by atoms with Crippen LogP contribution in [-0.2, 0) is 4.79 Å². The van der Waals surface area contributed by atoms with Crippen LogP contribution in [0.2, 0.25) is 0 Å². The summed E-state index contributed by atoms with van der Waals surface area (Å²) in [6.45, 7) is 5.16. The van der Waals surface area contributed by atoms with Crippen LogP contribution in [0.25, 0.3) is 0 Å². The third-order valence-electron chi connectivity index (χ3n) is 3.19. The van der Waals surface area contributed by atoms with Crippen LogP contribution in [0.5, 0.6) is 0 Å². The molecule has 2 atom stereocenters. The molecule has 1 amide bonds. The summed E-state index contributed by atoms with van der Waals surface area (Å²) in [5.74, 6) is -0.0273. The molecule has 0 radical (unpaired) electrons. The number of piperidine rings is 1. The number of hydrogen-bond donors (Lipinski definition) is 2. The van der Waals surface area contributed by atoms with Crippen LogP contribution < -0.4 is 11.5 Å². The summed E-state index contributed by atoms with van der Waals surface area (Å²) in [4.78, 5) is 13.6. The van der Waals surface area contributed by atoms with Gasteiger partial charge >= 0.3 is 0 Å². The van der Waals surface area contributed by atoms with Crippen molar-refractivity contribution in [3.63, 3.8) is 0 Å². The molecule has 4 heteroatoms. The fraction of sp³-hybridized carbons (Fsp3) is 0.900. The molecule has 1 heterocycles. The summed E-state index contributed by atoms with van der Waals surface area (Å²) < 4.78 is 0. The number of primary amides is 1. The number of carbonyl (C=O) groups is 1. The van der Waals surface area contributed by atoms with Crippen LogP contribution in [0.3, 0.4) is 0 Å². The highest BCUT2D eigenvalue weighted by atomic mass is 16.1. The zero-order chi connectivity index (χ0) is 10.9. The largest absolute Gasteiger partial charge is 0.368 e. The Kier molecular flexibility index (Phi) is 3.17. The Morgan fingerprint density at radius 2 is 2.14 bits per heavy atom. The maximum atomic E-state index is 11.4. The molecule has 82 valence electrons. The lowest BCUT2D eigenvalue weighted by molar-refractivity contribution is -0.128. The molecule has 2 unspecified atom stereocenters. The summed E-state index contributed by atoms with van der Waals surface area (Å²) in [6, 6.07) is 0.0637. The normalized spacial score (nSPS) is 34.8. The summed E-state index contributed by atoms with van der Waals surface area (Å²) in [6.07, 6.45) is 1.65. The first-order valence-corrected chi connectivity index (χ1v) is 5.18. The molecule has 0 bridgehead atoms. The molecule has 0 aliphatic carbocycles. The first kappa shape index (κ1) is 11.5. The molecule has 0 aromatic rings. The molecule has 1 aliphatic heterocycles. The highest BCUT2D eigenvalue weighted by Crippen LogP contribution is 2.29. The van der Waals surface area contributed by atoms with E-state index in [2.05, 4.69) is 18.7 Å². The molecule has 4 nitrogen and oxygen atoms in total. The smallest absolute Gasteiger partial charge is 0.239 e. The van der Waals surface area contributed by atoms with Gasteiger partial charge in [-0.3, -0.25) is 4.79 Å². The Morgan fingerprint density at radius 3 is 2.50 bits per heavy atom. The van der Waals surface area contributed by atoms with Gasteiger partial charge in [0.1, 0.15) is 5.54 Å². The first-order valence-electron chi connectivity index (χ1n) is 5.18. The van der Waals surface area contributed by atoms with E-state index in [4.69, 9.17) is 11.5 Å². The van der Waals surface area contributed by atoms with Crippen molar-refractivity contribution in [3.05, 3.63) is 0 Å². The molecule has 0 aromatic heterocycles. The molecule has 1 saturated heterocycles. The lowest BCUT2D eigenvalue weighted by Crippen LogP contribution is -2.68. The van der Waals surface area contributed by atoms with Gasteiger partial charge in [0.2, 0.25) is 5.91 Å². The highest BCUT2D eigenvalue weighted by molar-refractivity contribution is 5.85. The van der Waals surface area contributed by atoms with Gasteiger partial charge in [0.05, 0.1) is 0 Å². The van der Waals surface area contributed by atoms with Gasteiger partial charge in [-0.05, 0) is 32.4 Å². The lowest BCUT2D eigenvalue weighted by atomic mass is 9.76. The van der Waals surface area contributed by atoms with Crippen molar-refractivity contribution in [2.75, 3.05) is 13.6 Å². The van der Waals surface area contributed by atoms with Gasteiger partial charge in [0.25, 0.3) is 0 Å². The summed E-state index contributed by atoms with van der Waals surface area (Å²) in [7, 11) is 2.01. The van der Waals surface area contributed by atoms with E-state index in [0.29, 0.717) is 12.3 Å². The van der Waals surface area contributed by atoms with E-state index in [9.17, 15) is 4.79 Å². The average molecular weight is 199 g/mol. The molecular formula is C10H21N3O. The van der Waals surface area contributed by atoms with Crippen LogP contribution in [0.15, 0.2) is 0 Å². The molecule has 14 heavy (non-hydrogen) atoms. The number of likely N-dealkylation sites (tertiary alicyclic amines) is 1. The van der Waals surface area contributed by atoms with Crippen molar-refractivity contribution >= 4 is 5.91 Å². The Bertz CT molecular complexity index is 229. The van der Waals surface area contributed by atoms with Crippen molar-refractivity contribution in [1.82, 2.24) is 4.90 Å². The standard InChI is InChI=1S/C10H21N3O/c1-7(2)8-10(12,9(11)14)5-4-6-13(8)3/h7-8H,4-6,12H2,1-3H3,(H2,11,14). The van der Waals surface area contributed by atoms with Crippen LogP contribution >= 0.6 is 0 Å². The van der Waals surface area contributed by atoms with E-state index in [0.717, 1.165) is 13.0 Å². The minimum absolute atomic E-state index is 0.0637. The number of carbonyl (C=O) groups excluding carboxylic acids is 1. The minimum Gasteiger partial charge on any atom is -0.368 e. The lowest BCUT2D eigenvalue weighted by Gasteiger charge is -2.46. The molecule has 0 saturated carbocycles. The zero-order valence-electron chi connectivity index (χ0n) is 9.29. The highest BCUT2D eigenvalue weighted by Gasteiger charge is 2.46. The molecule has 1 rings (SSSR count). The van der Waals surface area contributed by atoms with Gasteiger partial charge in [-0.25, -0.2) is 0 Å². The van der Waals surface area contributed by atoms with Gasteiger partial charge in [-0.15, -0.1) is 0 Å². The van der Waals surface area contributed by atoms with E-state index in [1.165, 1.54) is 0 Å². The number of nitrogens with two attached hydrogens (primary N) is 2. The predicted octanol–water partition coefficient (Wildman–Crippen LogP) is -0.0806. The third kappa shape index (κ3) is 1.77. The van der Waals surface area contributed by atoms with E-state index < -0.39 is 5.54 Å². The fourth-order valence-electron chi connectivity index (χ4n) is 2.67. The van der Waals surface area contributed by atoms with Gasteiger partial charge in [0.15, 0.2) is 0 Å². The number of amides is 1. The van der Waals surface area contributed by atoms with Gasteiger partial charge < -0.3 is 16.4 Å². The quantitative estimate of drug-likeness (QED) is 0.653. The Morgan fingerprint density at radius 1 is 1.57 bits per heavy atom. The zero-order valence-corrected chi connectivity index (χ0v) is 9.29. The van der Waals surface area contributed by atoms with Crippen molar-refractivity contribution in [2.45, 2.75) is 38.3 Å². The fourth-order valence-corrected chi connectivity index (χ4v) is 2.67. The van der Waals surface area contributed by atoms with Crippen molar-refractivity contribution in [3.8, 4) is 0 Å². The molecule has 0 aromatic carbocycles. The molecule has 0 spiro atoms. The third-order valence-corrected chi connectivity index (χ3v) is 3.19. The average Bonchev–Trinajstić information content (AvgIpc) is 2.02. The second kappa shape index (κ2) is 3.87. The SMILES string of the molecule is CC(C)C1N(C)CCCC1(N)C(N)=O. The van der Waals surface area contributed by atoms with Crippen molar-refractivity contribution < 1.29 is 4.79 Å². The topological polar surface area (TPSA) is 72.3 Å². The minimum atomic E-state index is -0.846. The van der Waals surface area contributed by atoms with E-state index >= 15 is 0 Å². The number of hydrogen-bond acceptors (Lipinski definition) is 3. The van der Waals surface area contributed by atoms with Crippen LogP contribution in [0.4, 0.5) is 0 Å². The summed E-state index contributed by atoms with van der Waals surface area (Å²) in [5, 5.41) is 0. The first-order chi connectivity index (χ1) is 6.39. The van der Waals surface area contributed by atoms with Crippen molar-refractivity contribution in [2.24, 2.45) is 17.4 Å². The van der Waals surface area contributed by atoms with Gasteiger partial charge in [-0.1, -0.05) is 13.8 Å². The Hall–Kier alpha value is -0.610. The summed E-state index contributed by atoms with van der Waals surface area (Å²) in [5.41, 5.74) is 10.7. The summed E-state index contributed by atoms with van der Waals surface area (Å²) >= 11 is 0. The Balaban J connectivity index is 2.95. The number of likely N-dealkylation sites (N-methyl/N-ethyl adjacent to an activating group) is 1. The van der Waals surface area contributed by atoms with Crippen LogP contribution in [0, 0.1) is 5.92 Å². The van der Waals surface area contributed by atoms with Crippen molar-refractivity contribution in [1.29, 1.82) is 0 Å². The maximum Gasteiger partial charge on any atom is 0.239 e. The molecule has 4 N–H and O–H groups in total.